The maximum absolute atomic E-state index is 11.9. The number of ether oxygens (including phenoxy) is 1. The fraction of sp³-hybridized carbons (Fsp3) is 0.917. The van der Waals surface area contributed by atoms with E-state index in [1.807, 2.05) is 7.05 Å². The monoisotopic (exact) mass is 213 g/mol. The van der Waals surface area contributed by atoms with Crippen LogP contribution < -0.4 is 0 Å². The van der Waals surface area contributed by atoms with E-state index in [9.17, 15) is 4.79 Å². The van der Waals surface area contributed by atoms with Crippen molar-refractivity contribution >= 4 is 5.78 Å². The molecule has 0 aliphatic heterocycles. The van der Waals surface area contributed by atoms with Gasteiger partial charge in [-0.2, -0.15) is 0 Å². The van der Waals surface area contributed by atoms with E-state index in [0.717, 1.165) is 19.4 Å². The topological polar surface area (TPSA) is 29.5 Å². The first-order valence-corrected chi connectivity index (χ1v) is 5.94. The zero-order chi connectivity index (χ0) is 11.1. The van der Waals surface area contributed by atoms with Gasteiger partial charge in [-0.3, -0.25) is 9.69 Å². The Kier molecular flexibility index (Phi) is 5.88. The molecule has 0 bridgehead atoms. The molecule has 1 rings (SSSR count). The first kappa shape index (κ1) is 12.7. The van der Waals surface area contributed by atoms with Crippen LogP contribution in [-0.2, 0) is 9.53 Å². The zero-order valence-corrected chi connectivity index (χ0v) is 10.00. The van der Waals surface area contributed by atoms with Crippen LogP contribution in [0.1, 0.15) is 32.1 Å². The highest BCUT2D eigenvalue weighted by molar-refractivity contribution is 5.82. The molecule has 3 nitrogen and oxygen atoms in total. The molecule has 1 fully saturated rings. The molecule has 15 heavy (non-hydrogen) atoms. The highest BCUT2D eigenvalue weighted by atomic mass is 16.5. The molecule has 0 heterocycles. The third-order valence-electron chi connectivity index (χ3n) is 3.16. The molecular weight excluding hydrogens is 190 g/mol. The first-order valence-electron chi connectivity index (χ1n) is 5.94. The van der Waals surface area contributed by atoms with Crippen molar-refractivity contribution in [2.24, 2.45) is 5.92 Å². The second-order valence-corrected chi connectivity index (χ2v) is 4.53. The van der Waals surface area contributed by atoms with Crippen molar-refractivity contribution in [2.45, 2.75) is 32.1 Å². The lowest BCUT2D eigenvalue weighted by atomic mass is 9.86. The maximum Gasteiger partial charge on any atom is 0.149 e. The normalized spacial score (nSPS) is 18.3. The van der Waals surface area contributed by atoms with Gasteiger partial charge in [0.2, 0.25) is 0 Å². The number of ketones is 1. The number of hydrogen-bond acceptors (Lipinski definition) is 3. The van der Waals surface area contributed by atoms with E-state index in [1.54, 1.807) is 7.11 Å². The zero-order valence-electron chi connectivity index (χ0n) is 10.00. The Morgan fingerprint density at radius 3 is 2.60 bits per heavy atom. The number of Topliss-reactive ketones (excluding diaryl/α,β-unsaturated/α-hetero) is 1. The van der Waals surface area contributed by atoms with Crippen molar-refractivity contribution in [3.8, 4) is 0 Å². The summed E-state index contributed by atoms with van der Waals surface area (Å²) in [4.78, 5) is 13.9. The fourth-order valence-corrected chi connectivity index (χ4v) is 2.15. The molecule has 0 spiro atoms. The minimum Gasteiger partial charge on any atom is -0.383 e. The van der Waals surface area contributed by atoms with Gasteiger partial charge in [-0.05, 0) is 19.9 Å². The summed E-state index contributed by atoms with van der Waals surface area (Å²) in [6.45, 7) is 2.14. The van der Waals surface area contributed by atoms with Gasteiger partial charge in [0.25, 0.3) is 0 Å². The molecule has 0 aromatic rings. The number of methoxy groups -OCH3 is 1. The molecular formula is C12H23NO2. The number of hydrogen-bond donors (Lipinski definition) is 0. The van der Waals surface area contributed by atoms with E-state index in [2.05, 4.69) is 4.90 Å². The minimum absolute atomic E-state index is 0.337. The van der Waals surface area contributed by atoms with Crippen molar-refractivity contribution in [2.75, 3.05) is 33.9 Å². The number of nitrogens with zero attached hydrogens (tertiary/aromatic N) is 1. The molecule has 0 N–H and O–H groups in total. The lowest BCUT2D eigenvalue weighted by molar-refractivity contribution is -0.124. The van der Waals surface area contributed by atoms with Crippen molar-refractivity contribution in [1.82, 2.24) is 4.90 Å². The summed E-state index contributed by atoms with van der Waals surface area (Å²) in [6, 6.07) is 0. The van der Waals surface area contributed by atoms with Gasteiger partial charge in [0, 0.05) is 19.6 Å². The van der Waals surface area contributed by atoms with Gasteiger partial charge in [-0.25, -0.2) is 0 Å². The second kappa shape index (κ2) is 6.96. The van der Waals surface area contributed by atoms with Crippen LogP contribution in [0, 0.1) is 5.92 Å². The van der Waals surface area contributed by atoms with Crippen LogP contribution >= 0.6 is 0 Å². The predicted octanol–water partition coefficient (Wildman–Crippen LogP) is 1.71. The Hall–Kier alpha value is -0.410. The van der Waals surface area contributed by atoms with Crippen LogP contribution in [-0.4, -0.2) is 44.5 Å². The summed E-state index contributed by atoms with van der Waals surface area (Å²) >= 11 is 0. The minimum atomic E-state index is 0.337. The molecule has 0 aromatic heterocycles. The third kappa shape index (κ3) is 4.76. The summed E-state index contributed by atoms with van der Waals surface area (Å²) < 4.78 is 4.99. The van der Waals surface area contributed by atoms with Crippen LogP contribution in [0.2, 0.25) is 0 Å². The van der Waals surface area contributed by atoms with Crippen molar-refractivity contribution in [3.63, 3.8) is 0 Å². The van der Waals surface area contributed by atoms with Gasteiger partial charge in [-0.1, -0.05) is 19.3 Å². The smallest absolute Gasteiger partial charge is 0.149 e. The third-order valence-corrected chi connectivity index (χ3v) is 3.16. The Morgan fingerprint density at radius 2 is 2.00 bits per heavy atom. The van der Waals surface area contributed by atoms with Crippen LogP contribution in [0.25, 0.3) is 0 Å². The Bertz CT molecular complexity index is 188. The number of likely N-dealkylation sites (N-methyl/N-ethyl adjacent to an activating group) is 1. The average molecular weight is 213 g/mol. The number of carbonyl (C=O) groups excluding carboxylic acids is 1. The quantitative estimate of drug-likeness (QED) is 0.673. The summed E-state index contributed by atoms with van der Waals surface area (Å²) in [5.74, 6) is 0.761. The Balaban J connectivity index is 2.21. The highest BCUT2D eigenvalue weighted by Crippen LogP contribution is 2.24. The van der Waals surface area contributed by atoms with E-state index >= 15 is 0 Å². The summed E-state index contributed by atoms with van der Waals surface area (Å²) in [5.41, 5.74) is 0. The van der Waals surface area contributed by atoms with Gasteiger partial charge in [0.15, 0.2) is 0 Å². The average Bonchev–Trinajstić information content (AvgIpc) is 2.27. The van der Waals surface area contributed by atoms with Crippen LogP contribution in [0.15, 0.2) is 0 Å². The molecule has 0 aromatic carbocycles. The number of carbonyl (C=O) groups is 1. The van der Waals surface area contributed by atoms with E-state index in [0.29, 0.717) is 24.9 Å². The molecule has 0 unspecified atom stereocenters. The Morgan fingerprint density at radius 1 is 1.33 bits per heavy atom. The summed E-state index contributed by atoms with van der Waals surface area (Å²) in [6.07, 6.45) is 5.99. The van der Waals surface area contributed by atoms with E-state index in [4.69, 9.17) is 4.74 Å². The maximum atomic E-state index is 11.9. The summed E-state index contributed by atoms with van der Waals surface area (Å²) in [5, 5.41) is 0. The lowest BCUT2D eigenvalue weighted by Gasteiger charge is -2.23. The van der Waals surface area contributed by atoms with E-state index in [1.165, 1.54) is 19.3 Å². The van der Waals surface area contributed by atoms with Gasteiger partial charge in [-0.15, -0.1) is 0 Å². The van der Waals surface area contributed by atoms with Crippen LogP contribution in [0.5, 0.6) is 0 Å². The molecule has 1 aliphatic carbocycles. The molecule has 0 saturated heterocycles. The van der Waals surface area contributed by atoms with Crippen molar-refractivity contribution in [1.29, 1.82) is 0 Å². The van der Waals surface area contributed by atoms with Gasteiger partial charge < -0.3 is 4.74 Å². The predicted molar refractivity (Wildman–Crippen MR) is 61.0 cm³/mol. The highest BCUT2D eigenvalue weighted by Gasteiger charge is 2.21. The van der Waals surface area contributed by atoms with E-state index < -0.39 is 0 Å². The van der Waals surface area contributed by atoms with Gasteiger partial charge >= 0.3 is 0 Å². The van der Waals surface area contributed by atoms with E-state index in [-0.39, 0.29) is 0 Å². The fourth-order valence-electron chi connectivity index (χ4n) is 2.15. The molecule has 3 heteroatoms. The first-order chi connectivity index (χ1) is 7.24. The van der Waals surface area contributed by atoms with Crippen LogP contribution in [0.4, 0.5) is 0 Å². The summed E-state index contributed by atoms with van der Waals surface area (Å²) in [7, 11) is 3.68. The largest absolute Gasteiger partial charge is 0.383 e. The molecule has 1 saturated carbocycles. The molecule has 0 amide bonds. The molecule has 88 valence electrons. The van der Waals surface area contributed by atoms with Crippen LogP contribution in [0.3, 0.4) is 0 Å². The second-order valence-electron chi connectivity index (χ2n) is 4.53. The Labute approximate surface area is 92.8 Å². The molecule has 0 radical (unpaired) electrons. The van der Waals surface area contributed by atoms with Gasteiger partial charge in [0.1, 0.15) is 5.78 Å². The van der Waals surface area contributed by atoms with Crippen molar-refractivity contribution < 1.29 is 9.53 Å². The molecule has 0 atom stereocenters. The number of rotatable bonds is 6. The molecule has 1 aliphatic rings. The van der Waals surface area contributed by atoms with Crippen molar-refractivity contribution in [3.05, 3.63) is 0 Å². The lowest BCUT2D eigenvalue weighted by Crippen LogP contribution is -2.33. The standard InChI is InChI=1S/C12H23NO2/c1-13(8-9-15-2)10-12(14)11-6-4-3-5-7-11/h11H,3-10H2,1-2H3. The van der Waals surface area contributed by atoms with Gasteiger partial charge in [0.05, 0.1) is 13.2 Å². The SMILES string of the molecule is COCCN(C)CC(=O)C1CCCCC1.